The van der Waals surface area contributed by atoms with Gasteiger partial charge in [-0.25, -0.2) is 0 Å². The largest absolute Gasteiger partial charge is 0.396 e. The maximum atomic E-state index is 9.96. The molecule has 0 aromatic rings. The van der Waals surface area contributed by atoms with Gasteiger partial charge in [0.25, 0.3) is 0 Å². The molecule has 1 aliphatic carbocycles. The van der Waals surface area contributed by atoms with Gasteiger partial charge in [-0.3, -0.25) is 0 Å². The van der Waals surface area contributed by atoms with Crippen LogP contribution in [0.1, 0.15) is 6.42 Å². The molecule has 0 radical (unpaired) electrons. The van der Waals surface area contributed by atoms with E-state index in [0.717, 1.165) is 0 Å². The third kappa shape index (κ3) is 3.66. The molecule has 0 amide bonds. The van der Waals surface area contributed by atoms with Gasteiger partial charge >= 0.3 is 0 Å². The first kappa shape index (κ1) is 18.9. The van der Waals surface area contributed by atoms with Gasteiger partial charge in [0.15, 0.2) is 6.29 Å². The van der Waals surface area contributed by atoms with Crippen LogP contribution in [-0.4, -0.2) is 109 Å². The summed E-state index contributed by atoms with van der Waals surface area (Å²) in [4.78, 5) is 0. The Bertz CT molecular complexity index is 344. The molecular formula is C13H24O10. The minimum absolute atomic E-state index is 0.0229. The third-order valence-electron chi connectivity index (χ3n) is 4.49. The van der Waals surface area contributed by atoms with E-state index < -0.39 is 74.3 Å². The molecule has 8 N–H and O–H groups in total. The standard InChI is InChI=1S/C13H24O10/c14-2-4-1-5(8(17)10(19)7(4)16)22-13-12(21)11(20)9(18)6(3-15)23-13/h4-21H,1-3H2/t4?,5-,6?,7+,8?,9-,10+,11?,12?,13+/m0/s1. The van der Waals surface area contributed by atoms with Crippen molar-refractivity contribution < 1.29 is 50.3 Å². The second kappa shape index (κ2) is 7.66. The van der Waals surface area contributed by atoms with E-state index in [1.165, 1.54) is 0 Å². The fourth-order valence-corrected chi connectivity index (χ4v) is 2.95. The second-order valence-electron chi connectivity index (χ2n) is 6.02. The highest BCUT2D eigenvalue weighted by Gasteiger charge is 2.48. The average molecular weight is 340 g/mol. The van der Waals surface area contributed by atoms with Gasteiger partial charge in [-0.1, -0.05) is 0 Å². The zero-order valence-electron chi connectivity index (χ0n) is 12.3. The minimum atomic E-state index is -1.64. The fourth-order valence-electron chi connectivity index (χ4n) is 2.95. The third-order valence-corrected chi connectivity index (χ3v) is 4.49. The summed E-state index contributed by atoms with van der Waals surface area (Å²) in [6, 6.07) is 0. The molecule has 23 heavy (non-hydrogen) atoms. The molecule has 5 unspecified atom stereocenters. The van der Waals surface area contributed by atoms with E-state index in [0.29, 0.717) is 0 Å². The molecule has 10 atom stereocenters. The SMILES string of the molecule is OCC1O[C@@H](O[C@H]2CC(CO)[C@@H](O)[C@@H](O)C2O)C(O)C(O)[C@H]1O. The maximum Gasteiger partial charge on any atom is 0.187 e. The number of rotatable bonds is 4. The van der Waals surface area contributed by atoms with Crippen LogP contribution in [0.25, 0.3) is 0 Å². The molecule has 2 rings (SSSR count). The predicted molar refractivity (Wildman–Crippen MR) is 71.9 cm³/mol. The van der Waals surface area contributed by atoms with Crippen LogP contribution < -0.4 is 0 Å². The summed E-state index contributed by atoms with van der Waals surface area (Å²) < 4.78 is 10.5. The zero-order valence-corrected chi connectivity index (χ0v) is 12.3. The van der Waals surface area contributed by atoms with Crippen LogP contribution in [0.3, 0.4) is 0 Å². The molecule has 1 aliphatic heterocycles. The van der Waals surface area contributed by atoms with Crippen molar-refractivity contribution in [2.75, 3.05) is 13.2 Å². The molecule has 10 heteroatoms. The lowest BCUT2D eigenvalue weighted by molar-refractivity contribution is -0.326. The summed E-state index contributed by atoms with van der Waals surface area (Å²) in [5.74, 6) is -0.747. The number of hydrogen-bond donors (Lipinski definition) is 8. The zero-order chi connectivity index (χ0) is 17.3. The van der Waals surface area contributed by atoms with Gasteiger partial charge in [-0.2, -0.15) is 0 Å². The van der Waals surface area contributed by atoms with Crippen LogP contribution >= 0.6 is 0 Å². The first-order chi connectivity index (χ1) is 10.8. The van der Waals surface area contributed by atoms with Crippen LogP contribution in [0, 0.1) is 5.92 Å². The molecule has 0 spiro atoms. The molecular weight excluding hydrogens is 316 g/mol. The van der Waals surface area contributed by atoms with Gasteiger partial charge in [0, 0.05) is 12.5 Å². The molecule has 1 saturated heterocycles. The second-order valence-corrected chi connectivity index (χ2v) is 6.02. The number of aliphatic hydroxyl groups is 8. The lowest BCUT2D eigenvalue weighted by Crippen LogP contribution is -2.62. The molecule has 10 nitrogen and oxygen atoms in total. The van der Waals surface area contributed by atoms with Crippen LogP contribution in [0.4, 0.5) is 0 Å². The molecule has 2 fully saturated rings. The van der Waals surface area contributed by atoms with Crippen molar-refractivity contribution in [3.63, 3.8) is 0 Å². The molecule has 0 aromatic carbocycles. The summed E-state index contributed by atoms with van der Waals surface area (Å²) >= 11 is 0. The van der Waals surface area contributed by atoms with Crippen molar-refractivity contribution in [2.45, 2.75) is 61.5 Å². The van der Waals surface area contributed by atoms with E-state index in [-0.39, 0.29) is 6.42 Å². The number of ether oxygens (including phenoxy) is 2. The fraction of sp³-hybridized carbons (Fsp3) is 1.00. The first-order valence-corrected chi connectivity index (χ1v) is 7.42. The summed E-state index contributed by atoms with van der Waals surface area (Å²) in [6.07, 6.45) is -12.9. The van der Waals surface area contributed by atoms with Crippen molar-refractivity contribution >= 4 is 0 Å². The van der Waals surface area contributed by atoms with E-state index in [4.69, 9.17) is 14.6 Å². The van der Waals surface area contributed by atoms with Gasteiger partial charge in [-0.15, -0.1) is 0 Å². The highest BCUT2D eigenvalue weighted by atomic mass is 16.7. The smallest absolute Gasteiger partial charge is 0.187 e. The monoisotopic (exact) mass is 340 g/mol. The topological polar surface area (TPSA) is 180 Å². The highest BCUT2D eigenvalue weighted by Crippen LogP contribution is 2.31. The molecule has 0 bridgehead atoms. The van der Waals surface area contributed by atoms with E-state index in [1.807, 2.05) is 0 Å². The Balaban J connectivity index is 2.07. The van der Waals surface area contributed by atoms with Crippen molar-refractivity contribution in [3.05, 3.63) is 0 Å². The normalized spacial score (nSPS) is 51.7. The number of aliphatic hydroxyl groups excluding tert-OH is 8. The molecule has 1 saturated carbocycles. The van der Waals surface area contributed by atoms with Crippen molar-refractivity contribution in [1.29, 1.82) is 0 Å². The Hall–Kier alpha value is -0.400. The lowest BCUT2D eigenvalue weighted by Gasteiger charge is -2.44. The van der Waals surface area contributed by atoms with Crippen LogP contribution in [0.15, 0.2) is 0 Å². The van der Waals surface area contributed by atoms with Crippen molar-refractivity contribution in [3.8, 4) is 0 Å². The Labute approximate surface area is 132 Å². The Morgan fingerprint density at radius 1 is 0.739 bits per heavy atom. The summed E-state index contributed by atoms with van der Waals surface area (Å²) in [5.41, 5.74) is 0. The Kier molecular flexibility index (Phi) is 6.30. The first-order valence-electron chi connectivity index (χ1n) is 7.42. The molecule has 136 valence electrons. The van der Waals surface area contributed by atoms with Gasteiger partial charge < -0.3 is 50.3 Å². The summed E-state index contributed by atoms with van der Waals surface area (Å²) in [5, 5.41) is 77.1. The highest BCUT2D eigenvalue weighted by molar-refractivity contribution is 4.95. The average Bonchev–Trinajstić information content (AvgIpc) is 2.55. The van der Waals surface area contributed by atoms with Crippen LogP contribution in [-0.2, 0) is 9.47 Å². The Morgan fingerprint density at radius 3 is 1.91 bits per heavy atom. The van der Waals surface area contributed by atoms with E-state index in [1.54, 1.807) is 0 Å². The maximum absolute atomic E-state index is 9.96. The van der Waals surface area contributed by atoms with Gasteiger partial charge in [-0.05, 0) is 6.42 Å². The van der Waals surface area contributed by atoms with E-state index in [9.17, 15) is 35.7 Å². The van der Waals surface area contributed by atoms with Gasteiger partial charge in [0.2, 0.25) is 0 Å². The summed E-state index contributed by atoms with van der Waals surface area (Å²) in [6.45, 7) is -1.07. The van der Waals surface area contributed by atoms with E-state index >= 15 is 0 Å². The minimum Gasteiger partial charge on any atom is -0.396 e. The molecule has 1 heterocycles. The van der Waals surface area contributed by atoms with Gasteiger partial charge in [0.1, 0.15) is 36.6 Å². The summed E-state index contributed by atoms with van der Waals surface area (Å²) in [7, 11) is 0. The molecule has 2 aliphatic rings. The van der Waals surface area contributed by atoms with Crippen molar-refractivity contribution in [1.82, 2.24) is 0 Å². The van der Waals surface area contributed by atoms with E-state index in [2.05, 4.69) is 0 Å². The number of hydrogen-bond acceptors (Lipinski definition) is 10. The quantitative estimate of drug-likeness (QED) is 0.247. The lowest BCUT2D eigenvalue weighted by atomic mass is 9.81. The van der Waals surface area contributed by atoms with Crippen LogP contribution in [0.2, 0.25) is 0 Å². The predicted octanol–water partition coefficient (Wildman–Crippen LogP) is -4.73. The molecule has 0 aromatic heterocycles. The van der Waals surface area contributed by atoms with Crippen LogP contribution in [0.5, 0.6) is 0 Å². The van der Waals surface area contributed by atoms with Crippen molar-refractivity contribution in [2.24, 2.45) is 5.92 Å². The van der Waals surface area contributed by atoms with Gasteiger partial charge in [0.05, 0.1) is 18.8 Å². The Morgan fingerprint density at radius 2 is 1.35 bits per heavy atom.